The number of amides is 3. The van der Waals surface area contributed by atoms with E-state index in [-0.39, 0.29) is 26.0 Å². The summed E-state index contributed by atoms with van der Waals surface area (Å²) in [6.45, 7) is 5.35. The molecule has 2 atom stereocenters. The minimum absolute atomic E-state index is 0.0164. The minimum Gasteiger partial charge on any atom is -0.479 e. The van der Waals surface area contributed by atoms with Crippen LogP contribution in [-0.2, 0) is 25.7 Å². The Balaban J connectivity index is 1.64. The summed E-state index contributed by atoms with van der Waals surface area (Å²) < 4.78 is 10.5. The van der Waals surface area contributed by atoms with Gasteiger partial charge in [-0.3, -0.25) is 4.79 Å². The van der Waals surface area contributed by atoms with Gasteiger partial charge in [0, 0.05) is 13.0 Å². The molecule has 0 fully saturated rings. The van der Waals surface area contributed by atoms with Gasteiger partial charge in [0.25, 0.3) is 0 Å². The zero-order chi connectivity index (χ0) is 29.9. The summed E-state index contributed by atoms with van der Waals surface area (Å²) in [4.78, 5) is 50.5. The van der Waals surface area contributed by atoms with Gasteiger partial charge in [-0.25, -0.2) is 14.4 Å². The largest absolute Gasteiger partial charge is 0.479 e. The van der Waals surface area contributed by atoms with Crippen molar-refractivity contribution in [3.8, 4) is 0 Å². The summed E-state index contributed by atoms with van der Waals surface area (Å²) in [7, 11) is 0. The molecule has 2 aromatic carbocycles. The highest BCUT2D eigenvalue weighted by atomic mass is 16.6. The lowest BCUT2D eigenvalue weighted by Gasteiger charge is -2.32. The van der Waals surface area contributed by atoms with Gasteiger partial charge in [0.05, 0.1) is 0 Å². The molecule has 218 valence electrons. The van der Waals surface area contributed by atoms with E-state index in [9.17, 15) is 24.3 Å². The first-order valence-electron chi connectivity index (χ1n) is 13.4. The summed E-state index contributed by atoms with van der Waals surface area (Å²) in [6, 6.07) is 17.4. The van der Waals surface area contributed by atoms with Crippen molar-refractivity contribution in [3.05, 3.63) is 90.0 Å². The summed E-state index contributed by atoms with van der Waals surface area (Å²) in [5, 5.41) is 18.0. The van der Waals surface area contributed by atoms with E-state index in [1.54, 1.807) is 26.8 Å². The highest BCUT2D eigenvalue weighted by molar-refractivity contribution is 5.95. The Morgan fingerprint density at radius 3 is 2.27 bits per heavy atom. The van der Waals surface area contributed by atoms with Gasteiger partial charge >= 0.3 is 18.2 Å². The summed E-state index contributed by atoms with van der Waals surface area (Å²) in [6.07, 6.45) is 3.80. The molecular weight excluding hydrogens is 526 g/mol. The molecule has 2 aromatic rings. The molecular formula is C31H37N3O7. The molecule has 0 spiro atoms. The van der Waals surface area contributed by atoms with Crippen molar-refractivity contribution >= 4 is 29.6 Å². The first-order valence-corrected chi connectivity index (χ1v) is 13.4. The lowest BCUT2D eigenvalue weighted by molar-refractivity contribution is -0.145. The van der Waals surface area contributed by atoms with Crippen LogP contribution in [-0.4, -0.2) is 52.9 Å². The molecule has 4 N–H and O–H groups in total. The van der Waals surface area contributed by atoms with Crippen LogP contribution in [0.4, 0.5) is 9.59 Å². The minimum atomic E-state index is -1.72. The number of rotatable bonds is 11. The smallest absolute Gasteiger partial charge is 0.408 e. The first kappa shape index (κ1) is 30.9. The Morgan fingerprint density at radius 2 is 1.63 bits per heavy atom. The van der Waals surface area contributed by atoms with Crippen LogP contribution in [0.1, 0.15) is 51.2 Å². The number of carboxylic acids is 1. The van der Waals surface area contributed by atoms with E-state index < -0.39 is 41.2 Å². The average molecular weight is 564 g/mol. The van der Waals surface area contributed by atoms with Gasteiger partial charge in [-0.2, -0.15) is 0 Å². The van der Waals surface area contributed by atoms with E-state index in [0.717, 1.165) is 16.7 Å². The van der Waals surface area contributed by atoms with E-state index in [1.165, 1.54) is 6.08 Å². The molecule has 1 unspecified atom stereocenters. The monoisotopic (exact) mass is 563 g/mol. The predicted molar refractivity (Wildman–Crippen MR) is 154 cm³/mol. The predicted octanol–water partition coefficient (Wildman–Crippen LogP) is 4.57. The fraction of sp³-hybridized carbons (Fsp3) is 0.355. The second-order valence-electron chi connectivity index (χ2n) is 10.7. The second-order valence-corrected chi connectivity index (χ2v) is 10.7. The fourth-order valence-electron chi connectivity index (χ4n) is 4.18. The van der Waals surface area contributed by atoms with Crippen LogP contribution < -0.4 is 16.0 Å². The van der Waals surface area contributed by atoms with Gasteiger partial charge in [0.1, 0.15) is 18.2 Å². The topological polar surface area (TPSA) is 143 Å². The van der Waals surface area contributed by atoms with Crippen LogP contribution in [0.5, 0.6) is 0 Å². The third-order valence-electron chi connectivity index (χ3n) is 6.18. The number of aliphatic carboxylic acids is 1. The summed E-state index contributed by atoms with van der Waals surface area (Å²) in [5.41, 5.74) is -0.102. The van der Waals surface area contributed by atoms with Gasteiger partial charge in [-0.05, 0) is 56.4 Å². The number of carbonyl (C=O) groups is 4. The van der Waals surface area contributed by atoms with Crippen molar-refractivity contribution < 1.29 is 33.8 Å². The molecule has 0 aliphatic heterocycles. The molecule has 1 aliphatic carbocycles. The van der Waals surface area contributed by atoms with Crippen LogP contribution in [0.15, 0.2) is 78.9 Å². The van der Waals surface area contributed by atoms with Crippen LogP contribution in [0.25, 0.3) is 5.57 Å². The van der Waals surface area contributed by atoms with Crippen molar-refractivity contribution in [2.24, 2.45) is 0 Å². The van der Waals surface area contributed by atoms with Gasteiger partial charge in [0.15, 0.2) is 5.54 Å². The molecule has 0 saturated carbocycles. The SMILES string of the molecule is CC(C)(C)OC(=O)N[C@@H](CCCNC(=O)OCc1ccccc1)C(=O)NC1(C(=O)O)C=CC=C(c2ccccc2)C1. The third-order valence-corrected chi connectivity index (χ3v) is 6.18. The number of nitrogens with one attached hydrogen (secondary N) is 3. The molecule has 0 bridgehead atoms. The lowest BCUT2D eigenvalue weighted by atomic mass is 9.83. The van der Waals surface area contributed by atoms with E-state index >= 15 is 0 Å². The van der Waals surface area contributed by atoms with Crippen LogP contribution in [0.2, 0.25) is 0 Å². The van der Waals surface area contributed by atoms with Crippen LogP contribution in [0.3, 0.4) is 0 Å². The van der Waals surface area contributed by atoms with Crippen LogP contribution in [0, 0.1) is 0 Å². The van der Waals surface area contributed by atoms with Crippen LogP contribution >= 0.6 is 0 Å². The van der Waals surface area contributed by atoms with Crippen molar-refractivity contribution in [1.29, 1.82) is 0 Å². The number of carboxylic acid groups (broad SMARTS) is 1. The zero-order valence-corrected chi connectivity index (χ0v) is 23.5. The molecule has 10 nitrogen and oxygen atoms in total. The third kappa shape index (κ3) is 9.82. The Morgan fingerprint density at radius 1 is 0.976 bits per heavy atom. The molecule has 0 heterocycles. The first-order chi connectivity index (χ1) is 19.5. The average Bonchev–Trinajstić information content (AvgIpc) is 2.93. The summed E-state index contributed by atoms with van der Waals surface area (Å²) in [5.74, 6) is -1.92. The molecule has 3 rings (SSSR count). The van der Waals surface area contributed by atoms with Crippen molar-refractivity contribution in [2.75, 3.05) is 6.54 Å². The van der Waals surface area contributed by atoms with Gasteiger partial charge < -0.3 is 30.5 Å². The number of ether oxygens (including phenoxy) is 2. The van der Waals surface area contributed by atoms with E-state index in [2.05, 4.69) is 16.0 Å². The highest BCUT2D eigenvalue weighted by Crippen LogP contribution is 2.30. The highest BCUT2D eigenvalue weighted by Gasteiger charge is 2.41. The number of hydrogen-bond donors (Lipinski definition) is 4. The molecule has 0 aromatic heterocycles. The molecule has 1 aliphatic rings. The van der Waals surface area contributed by atoms with E-state index in [0.29, 0.717) is 6.42 Å². The molecule has 41 heavy (non-hydrogen) atoms. The number of carbonyl (C=O) groups excluding carboxylic acids is 3. The summed E-state index contributed by atoms with van der Waals surface area (Å²) >= 11 is 0. The maximum Gasteiger partial charge on any atom is 0.408 e. The number of benzene rings is 2. The molecule has 0 radical (unpaired) electrons. The normalized spacial score (nSPS) is 17.0. The molecule has 10 heteroatoms. The van der Waals surface area contributed by atoms with E-state index in [1.807, 2.05) is 66.7 Å². The Kier molecular flexibility index (Phi) is 10.7. The molecule has 3 amide bonds. The number of allylic oxidation sites excluding steroid dienone is 2. The van der Waals surface area contributed by atoms with Crippen molar-refractivity contribution in [2.45, 2.75) is 63.8 Å². The maximum absolute atomic E-state index is 13.4. The van der Waals surface area contributed by atoms with Crippen molar-refractivity contribution in [3.63, 3.8) is 0 Å². The maximum atomic E-state index is 13.4. The molecule has 0 saturated heterocycles. The number of hydrogen-bond acceptors (Lipinski definition) is 6. The van der Waals surface area contributed by atoms with Gasteiger partial charge in [-0.15, -0.1) is 0 Å². The second kappa shape index (κ2) is 14.2. The quantitative estimate of drug-likeness (QED) is 0.293. The van der Waals surface area contributed by atoms with Crippen molar-refractivity contribution in [1.82, 2.24) is 16.0 Å². The Labute approximate surface area is 239 Å². The zero-order valence-electron chi connectivity index (χ0n) is 23.5. The Hall–Kier alpha value is -4.60. The Bertz CT molecular complexity index is 1270. The standard InChI is InChI=1S/C31H37N3O7/c1-30(2,3)41-29(39)33-25(17-11-19-32-28(38)40-21-22-12-6-4-7-13-22)26(35)34-31(27(36)37)18-10-16-24(20-31)23-14-8-5-9-15-23/h4-10,12-16,18,25H,11,17,19-21H2,1-3H3,(H,32,38)(H,33,39)(H,34,35)(H,36,37)/t25-,31?/m0/s1. The van der Waals surface area contributed by atoms with Gasteiger partial charge in [-0.1, -0.05) is 72.8 Å². The lowest BCUT2D eigenvalue weighted by Crippen LogP contribution is -2.59. The van der Waals surface area contributed by atoms with E-state index in [4.69, 9.17) is 9.47 Å². The fourth-order valence-corrected chi connectivity index (χ4v) is 4.18. The number of alkyl carbamates (subject to hydrolysis) is 2. The van der Waals surface area contributed by atoms with Gasteiger partial charge in [0.2, 0.25) is 5.91 Å².